The number of benzene rings is 1. The van der Waals surface area contributed by atoms with Crippen molar-refractivity contribution in [2.75, 3.05) is 7.11 Å². The molecule has 106 valence electrons. The van der Waals surface area contributed by atoms with Crippen molar-refractivity contribution in [2.24, 2.45) is 0 Å². The van der Waals surface area contributed by atoms with Crippen molar-refractivity contribution in [3.8, 4) is 5.75 Å². The van der Waals surface area contributed by atoms with E-state index in [4.69, 9.17) is 4.74 Å². The Kier molecular flexibility index (Phi) is 4.34. The first-order valence-electron chi connectivity index (χ1n) is 6.07. The third-order valence-corrected chi connectivity index (χ3v) is 3.90. The molecule has 0 saturated heterocycles. The first-order valence-corrected chi connectivity index (χ1v) is 6.95. The fourth-order valence-corrected chi connectivity index (χ4v) is 2.52. The summed E-state index contributed by atoms with van der Waals surface area (Å²) in [5, 5.41) is 2.83. The Hall–Kier alpha value is -1.95. The molecular weight excluding hydrogens is 279 g/mol. The lowest BCUT2D eigenvalue weighted by molar-refractivity contribution is 0.0943. The number of aryl methyl sites for hydroxylation is 1. The van der Waals surface area contributed by atoms with E-state index >= 15 is 0 Å². The van der Waals surface area contributed by atoms with E-state index in [2.05, 4.69) is 10.3 Å². The maximum atomic E-state index is 13.6. The average molecular weight is 294 g/mol. The van der Waals surface area contributed by atoms with E-state index in [1.807, 2.05) is 0 Å². The second-order valence-electron chi connectivity index (χ2n) is 4.36. The Labute approximate surface area is 120 Å². The summed E-state index contributed by atoms with van der Waals surface area (Å²) >= 11 is 1.29. The monoisotopic (exact) mass is 294 g/mol. The molecule has 0 fully saturated rings. The van der Waals surface area contributed by atoms with E-state index in [9.17, 15) is 9.18 Å². The van der Waals surface area contributed by atoms with Gasteiger partial charge in [0.15, 0.2) is 11.6 Å². The molecule has 0 aliphatic rings. The quantitative estimate of drug-likeness (QED) is 0.942. The first kappa shape index (κ1) is 14.5. The first-order chi connectivity index (χ1) is 9.52. The van der Waals surface area contributed by atoms with Gasteiger partial charge in [0.2, 0.25) is 0 Å². The van der Waals surface area contributed by atoms with Gasteiger partial charge in [-0.25, -0.2) is 9.37 Å². The molecule has 1 aromatic carbocycles. The number of carbonyl (C=O) groups excluding carboxylic acids is 1. The molecule has 0 unspecified atom stereocenters. The van der Waals surface area contributed by atoms with Crippen LogP contribution in [-0.4, -0.2) is 18.0 Å². The van der Waals surface area contributed by atoms with Crippen LogP contribution in [0.15, 0.2) is 23.7 Å². The number of amides is 1. The number of carbonyl (C=O) groups is 1. The van der Waals surface area contributed by atoms with Crippen LogP contribution in [0, 0.1) is 12.7 Å². The largest absolute Gasteiger partial charge is 0.494 e. The summed E-state index contributed by atoms with van der Waals surface area (Å²) in [7, 11) is 1.41. The summed E-state index contributed by atoms with van der Waals surface area (Å²) in [6.45, 7) is 3.58. The van der Waals surface area contributed by atoms with Crippen molar-refractivity contribution in [3.05, 3.63) is 45.7 Å². The highest BCUT2D eigenvalue weighted by Gasteiger charge is 2.16. The van der Waals surface area contributed by atoms with Crippen molar-refractivity contribution in [1.29, 1.82) is 0 Å². The van der Waals surface area contributed by atoms with Gasteiger partial charge in [-0.05, 0) is 31.5 Å². The van der Waals surface area contributed by atoms with Crippen molar-refractivity contribution < 1.29 is 13.9 Å². The van der Waals surface area contributed by atoms with Crippen molar-refractivity contribution in [3.63, 3.8) is 0 Å². The molecule has 1 aromatic heterocycles. The average Bonchev–Trinajstić information content (AvgIpc) is 2.84. The summed E-state index contributed by atoms with van der Waals surface area (Å²) in [5.41, 5.74) is 3.00. The summed E-state index contributed by atoms with van der Waals surface area (Å²) in [6.07, 6.45) is 0. The summed E-state index contributed by atoms with van der Waals surface area (Å²) < 4.78 is 18.5. The molecule has 1 N–H and O–H groups in total. The number of hydrogen-bond acceptors (Lipinski definition) is 4. The van der Waals surface area contributed by atoms with Crippen LogP contribution in [0.5, 0.6) is 5.75 Å². The van der Waals surface area contributed by atoms with E-state index in [1.54, 1.807) is 31.5 Å². The number of halogens is 1. The number of hydrogen-bond donors (Lipinski definition) is 1. The molecule has 6 heteroatoms. The highest BCUT2D eigenvalue weighted by atomic mass is 32.1. The molecule has 1 atom stereocenters. The van der Waals surface area contributed by atoms with Gasteiger partial charge in [-0.3, -0.25) is 4.79 Å². The van der Waals surface area contributed by atoms with Crippen molar-refractivity contribution >= 4 is 17.2 Å². The number of nitrogens with one attached hydrogen (secondary N) is 1. The van der Waals surface area contributed by atoms with Gasteiger partial charge in [-0.1, -0.05) is 6.07 Å². The lowest BCUT2D eigenvalue weighted by Gasteiger charge is -2.14. The van der Waals surface area contributed by atoms with Gasteiger partial charge in [0.1, 0.15) is 4.88 Å². The molecule has 0 saturated carbocycles. The third-order valence-electron chi connectivity index (χ3n) is 2.98. The highest BCUT2D eigenvalue weighted by molar-refractivity contribution is 7.11. The maximum Gasteiger partial charge on any atom is 0.263 e. The Balaban J connectivity index is 2.12. The minimum absolute atomic E-state index is 0.186. The Bertz CT molecular complexity index is 627. The van der Waals surface area contributed by atoms with Crippen LogP contribution in [0.2, 0.25) is 0 Å². The third kappa shape index (κ3) is 2.96. The van der Waals surface area contributed by atoms with Gasteiger partial charge >= 0.3 is 0 Å². The Morgan fingerprint density at radius 1 is 1.50 bits per heavy atom. The second-order valence-corrected chi connectivity index (χ2v) is 5.21. The summed E-state index contributed by atoms with van der Waals surface area (Å²) in [6, 6.07) is 4.34. The number of rotatable bonds is 4. The molecule has 0 spiro atoms. The molecule has 0 radical (unpaired) electrons. The van der Waals surface area contributed by atoms with Gasteiger partial charge in [0.05, 0.1) is 24.4 Å². The predicted octanol–water partition coefficient (Wildman–Crippen LogP) is 3.09. The van der Waals surface area contributed by atoms with Gasteiger partial charge in [0.25, 0.3) is 5.91 Å². The lowest BCUT2D eigenvalue weighted by atomic mass is 10.1. The van der Waals surface area contributed by atoms with Crippen LogP contribution in [0.4, 0.5) is 4.39 Å². The fraction of sp³-hybridized carbons (Fsp3) is 0.286. The molecule has 1 amide bonds. The van der Waals surface area contributed by atoms with E-state index in [-0.39, 0.29) is 17.7 Å². The van der Waals surface area contributed by atoms with Crippen LogP contribution in [0.25, 0.3) is 0 Å². The zero-order chi connectivity index (χ0) is 14.7. The second kappa shape index (κ2) is 6.00. The predicted molar refractivity (Wildman–Crippen MR) is 75.7 cm³/mol. The van der Waals surface area contributed by atoms with Crippen molar-refractivity contribution in [1.82, 2.24) is 10.3 Å². The topological polar surface area (TPSA) is 51.2 Å². The van der Waals surface area contributed by atoms with Gasteiger partial charge in [-0.15, -0.1) is 11.3 Å². The molecule has 2 aromatic rings. The van der Waals surface area contributed by atoms with E-state index in [0.29, 0.717) is 16.1 Å². The highest BCUT2D eigenvalue weighted by Crippen LogP contribution is 2.22. The molecule has 1 heterocycles. The molecule has 4 nitrogen and oxygen atoms in total. The lowest BCUT2D eigenvalue weighted by Crippen LogP contribution is -2.26. The molecule has 0 bridgehead atoms. The fourth-order valence-electron chi connectivity index (χ4n) is 1.82. The van der Waals surface area contributed by atoms with E-state index in [0.717, 1.165) is 0 Å². The molecule has 0 aliphatic carbocycles. The van der Waals surface area contributed by atoms with Gasteiger partial charge in [-0.2, -0.15) is 0 Å². The molecular formula is C14H15FN2O2S. The van der Waals surface area contributed by atoms with Crippen LogP contribution in [-0.2, 0) is 0 Å². The SMILES string of the molecule is COc1ccc([C@H](C)NC(=O)c2scnc2C)cc1F. The Morgan fingerprint density at radius 3 is 2.80 bits per heavy atom. The molecule has 2 rings (SSSR count). The maximum absolute atomic E-state index is 13.6. The Morgan fingerprint density at radius 2 is 2.25 bits per heavy atom. The number of aromatic nitrogens is 1. The van der Waals surface area contributed by atoms with Gasteiger partial charge < -0.3 is 10.1 Å². The van der Waals surface area contributed by atoms with Gasteiger partial charge in [0, 0.05) is 0 Å². The standard InChI is InChI=1S/C14H15FN2O2S/c1-8(10-4-5-12(19-3)11(15)6-10)17-14(18)13-9(2)16-7-20-13/h4-8H,1-3H3,(H,17,18)/t8-/m0/s1. The minimum atomic E-state index is -0.444. The number of methoxy groups -OCH3 is 1. The van der Waals surface area contributed by atoms with Crippen LogP contribution < -0.4 is 10.1 Å². The van der Waals surface area contributed by atoms with E-state index < -0.39 is 5.82 Å². The van der Waals surface area contributed by atoms with Crippen LogP contribution >= 0.6 is 11.3 Å². The number of thiazole rings is 1. The van der Waals surface area contributed by atoms with Crippen LogP contribution in [0.3, 0.4) is 0 Å². The zero-order valence-corrected chi connectivity index (χ0v) is 12.3. The smallest absolute Gasteiger partial charge is 0.263 e. The minimum Gasteiger partial charge on any atom is -0.494 e. The summed E-state index contributed by atoms with van der Waals surface area (Å²) in [4.78, 5) is 16.7. The van der Waals surface area contributed by atoms with E-state index in [1.165, 1.54) is 24.5 Å². The normalized spacial score (nSPS) is 12.0. The summed E-state index contributed by atoms with van der Waals surface area (Å²) in [5.74, 6) is -0.459. The number of nitrogens with zero attached hydrogens (tertiary/aromatic N) is 1. The van der Waals surface area contributed by atoms with Crippen molar-refractivity contribution in [2.45, 2.75) is 19.9 Å². The van der Waals surface area contributed by atoms with Crippen LogP contribution in [0.1, 0.15) is 33.9 Å². The molecule has 0 aliphatic heterocycles. The molecule has 20 heavy (non-hydrogen) atoms. The zero-order valence-electron chi connectivity index (χ0n) is 11.4. The number of ether oxygens (including phenoxy) is 1.